The fourth-order valence-electron chi connectivity index (χ4n) is 3.14. The van der Waals surface area contributed by atoms with Crippen molar-refractivity contribution in [3.63, 3.8) is 0 Å². The lowest BCUT2D eigenvalue weighted by atomic mass is 10.0. The molecule has 0 radical (unpaired) electrons. The number of carbonyl (C=O) groups is 1. The van der Waals surface area contributed by atoms with Crippen LogP contribution in [0.2, 0.25) is 0 Å². The lowest BCUT2D eigenvalue weighted by Crippen LogP contribution is -2.37. The molecule has 2 aromatic heterocycles. The quantitative estimate of drug-likeness (QED) is 0.658. The van der Waals surface area contributed by atoms with Crippen LogP contribution < -0.4 is 16.6 Å². The highest BCUT2D eigenvalue weighted by Gasteiger charge is 2.19. The third-order valence-electron chi connectivity index (χ3n) is 4.55. The maximum atomic E-state index is 12.5. The topological polar surface area (TPSA) is 100 Å². The lowest BCUT2D eigenvalue weighted by molar-refractivity contribution is -0.137. The van der Waals surface area contributed by atoms with Crippen LogP contribution in [0.25, 0.3) is 16.9 Å². The Balaban J connectivity index is 1.64. The molecule has 1 N–H and O–H groups in total. The molecule has 0 fully saturated rings. The van der Waals surface area contributed by atoms with Gasteiger partial charge in [-0.2, -0.15) is 0 Å². The van der Waals surface area contributed by atoms with E-state index in [-0.39, 0.29) is 17.7 Å². The molecule has 4 rings (SSSR count). The molecular weight excluding hydrogens is 350 g/mol. The predicted octanol–water partition coefficient (Wildman–Crippen LogP) is 0.0787. The van der Waals surface area contributed by atoms with Gasteiger partial charge in [-0.25, -0.2) is 14.6 Å². The molecule has 1 aliphatic rings. The minimum atomic E-state index is -0.546. The zero-order valence-corrected chi connectivity index (χ0v) is 14.8. The van der Waals surface area contributed by atoms with Gasteiger partial charge in [-0.05, 0) is 5.56 Å². The largest absolute Gasteiger partial charge is 0.423 e. The van der Waals surface area contributed by atoms with E-state index in [1.165, 1.54) is 29.6 Å². The van der Waals surface area contributed by atoms with Crippen LogP contribution in [0, 0.1) is 0 Å². The predicted molar refractivity (Wildman–Crippen MR) is 97.6 cm³/mol. The van der Waals surface area contributed by atoms with Crippen LogP contribution in [0.3, 0.4) is 0 Å². The molecule has 138 valence electrons. The van der Waals surface area contributed by atoms with E-state index in [9.17, 15) is 14.4 Å². The van der Waals surface area contributed by atoms with E-state index in [4.69, 9.17) is 4.74 Å². The van der Waals surface area contributed by atoms with Gasteiger partial charge in [-0.1, -0.05) is 24.3 Å². The Morgan fingerprint density at radius 1 is 1.22 bits per heavy atom. The summed E-state index contributed by atoms with van der Waals surface area (Å²) in [6.45, 7) is 0.455. The van der Waals surface area contributed by atoms with Crippen LogP contribution in [-0.2, 0) is 36.7 Å². The summed E-state index contributed by atoms with van der Waals surface area (Å²) in [6.07, 6.45) is 3.00. The number of aryl methyl sites for hydroxylation is 1. The Bertz CT molecular complexity index is 1210. The molecule has 3 aromatic rings. The number of aromatic nitrogens is 4. The Morgan fingerprint density at radius 3 is 2.81 bits per heavy atom. The van der Waals surface area contributed by atoms with Crippen LogP contribution in [-0.4, -0.2) is 24.7 Å². The fraction of sp³-hybridized carbons (Fsp3) is 0.222. The molecule has 0 spiro atoms. The van der Waals surface area contributed by atoms with Gasteiger partial charge in [0.15, 0.2) is 16.9 Å². The smallest absolute Gasteiger partial charge is 0.332 e. The van der Waals surface area contributed by atoms with Crippen LogP contribution in [0.1, 0.15) is 11.1 Å². The summed E-state index contributed by atoms with van der Waals surface area (Å²) >= 11 is 0. The highest BCUT2D eigenvalue weighted by molar-refractivity contribution is 5.81. The van der Waals surface area contributed by atoms with E-state index in [1.807, 2.05) is 24.3 Å². The number of hydrogen-bond acceptors (Lipinski definition) is 6. The maximum Gasteiger partial charge on any atom is 0.332 e. The molecule has 9 nitrogen and oxygen atoms in total. The number of imidazole rings is 1. The number of esters is 1. The average Bonchev–Trinajstić information content (AvgIpc) is 3.08. The Kier molecular flexibility index (Phi) is 3.91. The van der Waals surface area contributed by atoms with Gasteiger partial charge in [-0.15, -0.1) is 0 Å². The zero-order valence-electron chi connectivity index (χ0n) is 14.8. The number of carbonyl (C=O) groups excluding carboxylic acids is 1. The van der Waals surface area contributed by atoms with Crippen molar-refractivity contribution in [2.24, 2.45) is 14.1 Å². The van der Waals surface area contributed by atoms with Crippen molar-refractivity contribution < 1.29 is 9.53 Å². The Morgan fingerprint density at radius 2 is 2.00 bits per heavy atom. The molecule has 0 amide bonds. The number of rotatable bonds is 3. The lowest BCUT2D eigenvalue weighted by Gasteiger charge is -2.18. The van der Waals surface area contributed by atoms with Gasteiger partial charge in [0.2, 0.25) is 0 Å². The molecule has 0 saturated heterocycles. The third kappa shape index (κ3) is 2.73. The van der Waals surface area contributed by atoms with Crippen molar-refractivity contribution >= 4 is 22.9 Å². The number of fused-ring (bicyclic) bond motifs is 2. The molecule has 1 aliphatic heterocycles. The van der Waals surface area contributed by atoms with Crippen molar-refractivity contribution in [3.05, 3.63) is 68.8 Å². The summed E-state index contributed by atoms with van der Waals surface area (Å²) < 4.78 is 9.14. The molecule has 0 atom stereocenters. The van der Waals surface area contributed by atoms with E-state index in [0.717, 1.165) is 15.7 Å². The normalized spacial score (nSPS) is 13.0. The van der Waals surface area contributed by atoms with Gasteiger partial charge in [0.1, 0.15) is 6.54 Å². The van der Waals surface area contributed by atoms with Gasteiger partial charge < -0.3 is 14.6 Å². The molecule has 1 aromatic carbocycles. The summed E-state index contributed by atoms with van der Waals surface area (Å²) in [5.41, 5.74) is 1.28. The van der Waals surface area contributed by atoms with Gasteiger partial charge >= 0.3 is 11.7 Å². The first-order valence-corrected chi connectivity index (χ1v) is 8.30. The first kappa shape index (κ1) is 16.8. The average molecular weight is 367 g/mol. The first-order valence-electron chi connectivity index (χ1n) is 8.30. The number of ether oxygens (including phenoxy) is 1. The third-order valence-corrected chi connectivity index (χ3v) is 4.55. The molecule has 3 heterocycles. The Hall–Kier alpha value is -3.62. The Labute approximate surface area is 153 Å². The minimum Gasteiger partial charge on any atom is -0.423 e. The van der Waals surface area contributed by atoms with Crippen LogP contribution in [0.15, 0.2) is 46.4 Å². The molecule has 0 unspecified atom stereocenters. The van der Waals surface area contributed by atoms with Gasteiger partial charge in [0, 0.05) is 32.4 Å². The molecule has 0 saturated carbocycles. The first-order chi connectivity index (χ1) is 13.0. The summed E-state index contributed by atoms with van der Waals surface area (Å²) in [4.78, 5) is 41.0. The number of benzene rings is 1. The highest BCUT2D eigenvalue weighted by atomic mass is 16.5. The van der Waals surface area contributed by atoms with Crippen molar-refractivity contribution in [1.29, 1.82) is 0 Å². The molecule has 0 bridgehead atoms. The second kappa shape index (κ2) is 6.27. The molecule has 9 heteroatoms. The standard InChI is InChI=1S/C18H17N5O4/c1-21-16-15(17(25)22(2)18(21)26)23(10-20-16)9-14(24)27-13-8-19-7-11-5-3-4-6-12(11)13/h3-6,8,10,19H,7,9H2,1-2H3. The molecular formula is C18H17N5O4. The minimum absolute atomic E-state index is 0.174. The van der Waals surface area contributed by atoms with Crippen LogP contribution in [0.5, 0.6) is 0 Å². The maximum absolute atomic E-state index is 12.5. The fourth-order valence-corrected chi connectivity index (χ4v) is 3.14. The second-order valence-electron chi connectivity index (χ2n) is 6.27. The van der Waals surface area contributed by atoms with Crippen LogP contribution >= 0.6 is 0 Å². The van der Waals surface area contributed by atoms with Gasteiger partial charge in [0.25, 0.3) is 5.56 Å². The van der Waals surface area contributed by atoms with Crippen molar-refractivity contribution in [1.82, 2.24) is 24.0 Å². The summed E-state index contributed by atoms with van der Waals surface area (Å²) in [5, 5.41) is 3.07. The zero-order chi connectivity index (χ0) is 19.1. The highest BCUT2D eigenvalue weighted by Crippen LogP contribution is 2.23. The summed E-state index contributed by atoms with van der Waals surface area (Å²) in [7, 11) is 2.91. The second-order valence-corrected chi connectivity index (χ2v) is 6.27. The summed E-state index contributed by atoms with van der Waals surface area (Å²) in [6, 6.07) is 7.63. The van der Waals surface area contributed by atoms with Crippen molar-refractivity contribution in [3.8, 4) is 0 Å². The van der Waals surface area contributed by atoms with E-state index in [1.54, 1.807) is 6.20 Å². The number of nitrogens with one attached hydrogen (secondary N) is 1. The molecule has 0 aliphatic carbocycles. The SMILES string of the molecule is Cn1c(=O)c2c(ncn2CC(=O)OC2=CNCc3ccccc32)n(C)c1=O. The monoisotopic (exact) mass is 367 g/mol. The van der Waals surface area contributed by atoms with Crippen molar-refractivity contribution in [2.45, 2.75) is 13.1 Å². The van der Waals surface area contributed by atoms with E-state index in [0.29, 0.717) is 12.3 Å². The molecule has 27 heavy (non-hydrogen) atoms. The van der Waals surface area contributed by atoms with E-state index in [2.05, 4.69) is 10.3 Å². The van der Waals surface area contributed by atoms with E-state index >= 15 is 0 Å². The summed E-state index contributed by atoms with van der Waals surface area (Å²) in [5.74, 6) is -0.124. The van der Waals surface area contributed by atoms with Crippen molar-refractivity contribution in [2.75, 3.05) is 0 Å². The van der Waals surface area contributed by atoms with Crippen LogP contribution in [0.4, 0.5) is 0 Å². The van der Waals surface area contributed by atoms with Gasteiger partial charge in [0.05, 0.1) is 6.33 Å². The van der Waals surface area contributed by atoms with E-state index < -0.39 is 17.2 Å². The number of hydrogen-bond donors (Lipinski definition) is 1. The number of nitrogens with zero attached hydrogens (tertiary/aromatic N) is 4. The van der Waals surface area contributed by atoms with Gasteiger partial charge in [-0.3, -0.25) is 13.9 Å².